The second kappa shape index (κ2) is 9.28. The molecule has 0 saturated carbocycles. The number of methoxy groups -OCH3 is 1. The van der Waals surface area contributed by atoms with Gasteiger partial charge < -0.3 is 19.9 Å². The third kappa shape index (κ3) is 4.68. The monoisotopic (exact) mass is 447 g/mol. The number of amides is 2. The maximum atomic E-state index is 13.1. The summed E-state index contributed by atoms with van der Waals surface area (Å²) < 4.78 is 5.17. The van der Waals surface area contributed by atoms with E-state index in [4.69, 9.17) is 4.74 Å². The highest BCUT2D eigenvalue weighted by Crippen LogP contribution is 2.21. The van der Waals surface area contributed by atoms with Crippen molar-refractivity contribution in [3.05, 3.63) is 91.9 Å². The van der Waals surface area contributed by atoms with Gasteiger partial charge in [0.2, 0.25) is 0 Å². The third-order valence-corrected chi connectivity index (χ3v) is 6.41. The summed E-state index contributed by atoms with van der Waals surface area (Å²) in [5, 5.41) is 5.85. The zero-order valence-corrected chi connectivity index (χ0v) is 19.1. The first-order valence-electron chi connectivity index (χ1n) is 10.3. The maximum Gasteiger partial charge on any atom is 0.322 e. The number of hydrogen-bond donors (Lipinski definition) is 2. The van der Waals surface area contributed by atoms with Crippen LogP contribution in [0.4, 0.5) is 10.5 Å². The molecule has 164 valence electrons. The van der Waals surface area contributed by atoms with Crippen LogP contribution in [0.5, 0.6) is 5.75 Å². The van der Waals surface area contributed by atoms with Crippen molar-refractivity contribution in [3.8, 4) is 5.75 Å². The fourth-order valence-corrected chi connectivity index (χ4v) is 4.28. The number of ether oxygens (including phenoxy) is 1. The number of hydrogen-bond acceptors (Lipinski definition) is 4. The Bertz CT molecular complexity index is 1290. The zero-order valence-electron chi connectivity index (χ0n) is 18.3. The molecule has 4 rings (SSSR count). The van der Waals surface area contributed by atoms with Gasteiger partial charge in [0.25, 0.3) is 5.56 Å². The van der Waals surface area contributed by atoms with E-state index < -0.39 is 0 Å². The number of aryl methyl sites for hydroxylation is 2. The van der Waals surface area contributed by atoms with Gasteiger partial charge in [-0.1, -0.05) is 18.2 Å². The summed E-state index contributed by atoms with van der Waals surface area (Å²) in [6, 6.07) is 16.7. The van der Waals surface area contributed by atoms with Crippen molar-refractivity contribution < 1.29 is 9.53 Å². The van der Waals surface area contributed by atoms with Gasteiger partial charge >= 0.3 is 6.03 Å². The Morgan fingerprint density at radius 3 is 2.56 bits per heavy atom. The van der Waals surface area contributed by atoms with Crippen LogP contribution in [-0.2, 0) is 13.1 Å². The summed E-state index contributed by atoms with van der Waals surface area (Å²) in [5.41, 5.74) is 4.04. The Labute approximate surface area is 190 Å². The van der Waals surface area contributed by atoms with Crippen molar-refractivity contribution in [1.29, 1.82) is 0 Å². The van der Waals surface area contributed by atoms with Crippen molar-refractivity contribution in [3.63, 3.8) is 0 Å². The van der Waals surface area contributed by atoms with Gasteiger partial charge in [-0.3, -0.25) is 4.79 Å². The smallest absolute Gasteiger partial charge is 0.322 e. The molecule has 2 heterocycles. The van der Waals surface area contributed by atoms with Gasteiger partial charge in [0, 0.05) is 16.1 Å². The Balaban J connectivity index is 1.63. The van der Waals surface area contributed by atoms with Gasteiger partial charge in [-0.05, 0) is 72.1 Å². The molecule has 2 N–H and O–H groups in total. The topological polar surface area (TPSA) is 74.4 Å². The predicted octanol–water partition coefficient (Wildman–Crippen LogP) is 5.45. The highest BCUT2D eigenvalue weighted by Gasteiger charge is 2.18. The second-order valence-corrected chi connectivity index (χ2v) is 8.72. The van der Waals surface area contributed by atoms with Crippen molar-refractivity contribution in [2.45, 2.75) is 26.9 Å². The van der Waals surface area contributed by atoms with E-state index in [9.17, 15) is 9.59 Å². The first kappa shape index (κ1) is 21.6. The molecule has 2 aromatic heterocycles. The van der Waals surface area contributed by atoms with Crippen LogP contribution in [-0.4, -0.2) is 23.0 Å². The number of fused-ring (bicyclic) bond motifs is 1. The van der Waals surface area contributed by atoms with Crippen LogP contribution in [0.25, 0.3) is 10.9 Å². The standard InChI is InChI=1S/C25H25N3O3S/c1-16-6-7-18-13-19(24(29)27-23(18)17(16)2)14-28(15-22-5-4-12-32-22)25(30)26-20-8-10-21(31-3)11-9-20/h4-13H,14-15H2,1-3H3,(H,26,30)(H,27,29). The molecule has 0 atom stereocenters. The predicted molar refractivity (Wildman–Crippen MR) is 130 cm³/mol. The number of pyridine rings is 1. The molecule has 7 heteroatoms. The van der Waals surface area contributed by atoms with Crippen LogP contribution < -0.4 is 15.6 Å². The normalized spacial score (nSPS) is 10.8. The average molecular weight is 448 g/mol. The lowest BCUT2D eigenvalue weighted by Gasteiger charge is -2.23. The molecule has 4 aromatic rings. The Hall–Kier alpha value is -3.58. The summed E-state index contributed by atoms with van der Waals surface area (Å²) in [5.74, 6) is 0.715. The molecule has 2 amide bonds. The number of urea groups is 1. The lowest BCUT2D eigenvalue weighted by Crippen LogP contribution is -2.35. The van der Waals surface area contributed by atoms with E-state index in [1.807, 2.05) is 49.6 Å². The van der Waals surface area contributed by atoms with Crippen molar-refractivity contribution >= 4 is 34.0 Å². The van der Waals surface area contributed by atoms with Crippen LogP contribution in [0.15, 0.2) is 64.8 Å². The molecule has 0 unspecified atom stereocenters. The minimum Gasteiger partial charge on any atom is -0.497 e. The summed E-state index contributed by atoms with van der Waals surface area (Å²) in [7, 11) is 1.60. The molecule has 0 radical (unpaired) electrons. The van der Waals surface area contributed by atoms with Gasteiger partial charge in [0.15, 0.2) is 0 Å². The maximum absolute atomic E-state index is 13.1. The van der Waals surface area contributed by atoms with E-state index >= 15 is 0 Å². The van der Waals surface area contributed by atoms with Gasteiger partial charge in [-0.15, -0.1) is 11.3 Å². The molecule has 0 aliphatic heterocycles. The number of thiophene rings is 1. The fourth-order valence-electron chi connectivity index (χ4n) is 3.56. The molecule has 32 heavy (non-hydrogen) atoms. The van der Waals surface area contributed by atoms with Gasteiger partial charge in [0.05, 0.1) is 25.7 Å². The molecule has 0 fully saturated rings. The average Bonchev–Trinajstić information content (AvgIpc) is 3.30. The number of benzene rings is 2. The SMILES string of the molecule is COc1ccc(NC(=O)N(Cc2cccs2)Cc2cc3ccc(C)c(C)c3[nH]c2=O)cc1. The zero-order chi connectivity index (χ0) is 22.7. The van der Waals surface area contributed by atoms with Crippen LogP contribution in [0.3, 0.4) is 0 Å². The molecule has 0 bridgehead atoms. The summed E-state index contributed by atoms with van der Waals surface area (Å²) >= 11 is 1.58. The van der Waals surface area contributed by atoms with E-state index in [-0.39, 0.29) is 18.1 Å². The Morgan fingerprint density at radius 1 is 1.09 bits per heavy atom. The number of rotatable bonds is 6. The number of H-pyrrole nitrogens is 1. The van der Waals surface area contributed by atoms with E-state index in [0.29, 0.717) is 23.5 Å². The summed E-state index contributed by atoms with van der Waals surface area (Å²) in [6.07, 6.45) is 0. The van der Waals surface area contributed by atoms with Crippen LogP contribution >= 0.6 is 11.3 Å². The summed E-state index contributed by atoms with van der Waals surface area (Å²) in [4.78, 5) is 31.7. The van der Waals surface area contributed by atoms with Crippen molar-refractivity contribution in [2.75, 3.05) is 12.4 Å². The number of carbonyl (C=O) groups excluding carboxylic acids is 1. The number of aromatic nitrogens is 1. The highest BCUT2D eigenvalue weighted by atomic mass is 32.1. The van der Waals surface area contributed by atoms with Gasteiger partial charge in [-0.25, -0.2) is 4.79 Å². The minimum absolute atomic E-state index is 0.181. The molecule has 2 aromatic carbocycles. The third-order valence-electron chi connectivity index (χ3n) is 5.54. The highest BCUT2D eigenvalue weighted by molar-refractivity contribution is 7.09. The quantitative estimate of drug-likeness (QED) is 0.413. The van der Waals surface area contributed by atoms with Crippen molar-refractivity contribution in [1.82, 2.24) is 9.88 Å². The Morgan fingerprint density at radius 2 is 1.88 bits per heavy atom. The molecule has 0 saturated heterocycles. The molecule has 0 spiro atoms. The largest absolute Gasteiger partial charge is 0.497 e. The number of nitrogens with zero attached hydrogens (tertiary/aromatic N) is 1. The first-order valence-corrected chi connectivity index (χ1v) is 11.2. The van der Waals surface area contributed by atoms with E-state index in [1.165, 1.54) is 0 Å². The molecule has 0 aliphatic carbocycles. The van der Waals surface area contributed by atoms with E-state index in [2.05, 4.69) is 10.3 Å². The Kier molecular flexibility index (Phi) is 6.28. The fraction of sp³-hybridized carbons (Fsp3) is 0.200. The number of anilines is 1. The van der Waals surface area contributed by atoms with Crippen LogP contribution in [0.1, 0.15) is 21.6 Å². The second-order valence-electron chi connectivity index (χ2n) is 7.69. The lowest BCUT2D eigenvalue weighted by molar-refractivity contribution is 0.207. The number of carbonyl (C=O) groups is 1. The molecule has 0 aliphatic rings. The first-order chi connectivity index (χ1) is 15.4. The van der Waals surface area contributed by atoms with Crippen molar-refractivity contribution in [2.24, 2.45) is 0 Å². The summed E-state index contributed by atoms with van der Waals surface area (Å²) in [6.45, 7) is 4.62. The number of aromatic amines is 1. The lowest BCUT2D eigenvalue weighted by atomic mass is 10.0. The van der Waals surface area contributed by atoms with Gasteiger partial charge in [0.1, 0.15) is 5.75 Å². The van der Waals surface area contributed by atoms with E-state index in [1.54, 1.807) is 47.6 Å². The molecular weight excluding hydrogens is 422 g/mol. The van der Waals surface area contributed by atoms with Crippen LogP contribution in [0, 0.1) is 13.8 Å². The number of nitrogens with one attached hydrogen (secondary N) is 2. The van der Waals surface area contributed by atoms with Crippen LogP contribution in [0.2, 0.25) is 0 Å². The van der Waals surface area contributed by atoms with E-state index in [0.717, 1.165) is 26.9 Å². The van der Waals surface area contributed by atoms with Gasteiger partial charge in [-0.2, -0.15) is 0 Å². The molecular formula is C25H25N3O3S. The minimum atomic E-state index is -0.275. The molecule has 6 nitrogen and oxygen atoms in total.